The number of esters is 1. The average molecular weight is 1260 g/mol. The maximum Gasteiger partial charge on any atom is 0.407 e. The Labute approximate surface area is 512 Å². The molecule has 1 saturated heterocycles. The first-order valence-electron chi connectivity index (χ1n) is 28.3. The van der Waals surface area contributed by atoms with Gasteiger partial charge in [0.1, 0.15) is 72.9 Å². The van der Waals surface area contributed by atoms with Crippen LogP contribution in [0.15, 0.2) is 109 Å². The number of fused-ring (bicyclic) bond motifs is 3. The molecule has 5 aromatic rings. The number of rotatable bonds is 28. The van der Waals surface area contributed by atoms with Crippen LogP contribution in [0.25, 0.3) is 0 Å². The lowest BCUT2D eigenvalue weighted by atomic mass is 9.70. The summed E-state index contributed by atoms with van der Waals surface area (Å²) in [4.78, 5) is 77.0. The Kier molecular flexibility index (Phi) is 21.6. The molecule has 89 heavy (non-hydrogen) atoms. The minimum Gasteiger partial charge on any atom is -0.756 e. The lowest BCUT2D eigenvalue weighted by Crippen LogP contribution is -2.61. The van der Waals surface area contributed by atoms with E-state index in [9.17, 15) is 64.1 Å². The molecule has 1 saturated carbocycles. The molecule has 3 amide bonds. The Morgan fingerprint density at radius 1 is 0.742 bits per heavy atom. The minimum absolute atomic E-state index is 0.0672. The summed E-state index contributed by atoms with van der Waals surface area (Å²) < 4.78 is 68.6. The molecule has 0 bridgehead atoms. The number of nitrogens with zero attached hydrogens (tertiary/aromatic N) is 1. The van der Waals surface area contributed by atoms with Gasteiger partial charge >= 0.3 is 18.0 Å². The number of methoxy groups -OCH3 is 3. The van der Waals surface area contributed by atoms with Gasteiger partial charge in [-0.25, -0.2) is 9.59 Å². The number of phosphoric acid groups is 1. The molecule has 9 N–H and O–H groups in total. The summed E-state index contributed by atoms with van der Waals surface area (Å²) in [7, 11) is 5.15. The molecule has 1 aliphatic carbocycles. The van der Waals surface area contributed by atoms with E-state index in [1.54, 1.807) is 60.7 Å². The highest BCUT2D eigenvalue weighted by Gasteiger charge is 2.78. The molecule has 0 radical (unpaired) electrons. The molecule has 3 aliphatic rings. The van der Waals surface area contributed by atoms with E-state index in [0.717, 1.165) is 0 Å². The smallest absolute Gasteiger partial charge is 0.407 e. The topological polar surface area (TPSA) is 375 Å². The summed E-state index contributed by atoms with van der Waals surface area (Å²) >= 11 is 0. The number of carbonyl (C=O) groups excluding carboxylic acids is 4. The molecule has 480 valence electrons. The van der Waals surface area contributed by atoms with Gasteiger partial charge in [-0.2, -0.15) is 0 Å². The third-order valence-corrected chi connectivity index (χ3v) is 16.2. The average Bonchev–Trinajstić information content (AvgIpc) is 1.50. The van der Waals surface area contributed by atoms with E-state index in [1.807, 2.05) is 21.1 Å². The molecule has 2 aliphatic heterocycles. The highest BCUT2D eigenvalue weighted by atomic mass is 31.2. The van der Waals surface area contributed by atoms with Crippen molar-refractivity contribution in [1.82, 2.24) is 10.6 Å². The molecule has 8 rings (SSSR count). The number of ether oxygens (including phenoxy) is 8. The molecular weight excluding hydrogens is 1190 g/mol. The highest BCUT2D eigenvalue weighted by Crippen LogP contribution is 2.70. The van der Waals surface area contributed by atoms with Crippen molar-refractivity contribution >= 4 is 43.4 Å². The second kappa shape index (κ2) is 28.7. The Hall–Kier alpha value is -7.92. The summed E-state index contributed by atoms with van der Waals surface area (Å²) in [5.41, 5.74) is -2.14. The normalized spacial score (nSPS) is 24.1. The maximum absolute atomic E-state index is 13.6. The number of alkyl carbamates (subject to hydrolysis) is 1. The van der Waals surface area contributed by atoms with Gasteiger partial charge in [0.2, 0.25) is 12.2 Å². The molecule has 0 aromatic heterocycles. The van der Waals surface area contributed by atoms with Gasteiger partial charge in [-0.1, -0.05) is 60.7 Å². The van der Waals surface area contributed by atoms with E-state index in [4.69, 9.17) is 46.9 Å². The summed E-state index contributed by atoms with van der Waals surface area (Å²) in [6, 6.07) is 28.7. The number of quaternary nitrogens is 1. The van der Waals surface area contributed by atoms with E-state index in [1.165, 1.54) is 69.9 Å². The van der Waals surface area contributed by atoms with Crippen molar-refractivity contribution in [2.24, 2.45) is 5.92 Å². The predicted octanol–water partition coefficient (Wildman–Crippen LogP) is 2.95. The number of aliphatic carboxylic acids is 1. The van der Waals surface area contributed by atoms with Crippen LogP contribution in [0.4, 0.5) is 10.5 Å². The van der Waals surface area contributed by atoms with Crippen molar-refractivity contribution in [3.05, 3.63) is 143 Å². The molecule has 2 fully saturated rings. The van der Waals surface area contributed by atoms with Gasteiger partial charge in [-0.05, 0) is 71.5 Å². The van der Waals surface area contributed by atoms with E-state index >= 15 is 0 Å². The van der Waals surface area contributed by atoms with Crippen LogP contribution >= 0.6 is 7.82 Å². The largest absolute Gasteiger partial charge is 0.756 e. The van der Waals surface area contributed by atoms with Crippen LogP contribution in [0.1, 0.15) is 63.4 Å². The predicted molar refractivity (Wildman–Crippen MR) is 310 cm³/mol. The van der Waals surface area contributed by atoms with Crippen molar-refractivity contribution in [2.45, 2.75) is 86.4 Å². The van der Waals surface area contributed by atoms with Gasteiger partial charge in [0, 0.05) is 43.1 Å². The number of hydrogen-bond donors (Lipinski definition) is 9. The summed E-state index contributed by atoms with van der Waals surface area (Å²) in [5.74, 6) is -5.09. The van der Waals surface area contributed by atoms with E-state index in [-0.39, 0.29) is 85.8 Å². The fourth-order valence-electron chi connectivity index (χ4n) is 10.8. The first kappa shape index (κ1) is 67.0. The molecular formula is C61H73N4O23P. The SMILES string of the molecule is COC(=O)[C@@H]1C(c2ccccc2)[C@]2(c3ccc(OC)cc3)Oc3cc(OCCCCNC(=O)OCc4ccc(OC5O[C@H](C(=O)O)[C@@H](O)[C@H](O)[C@H]5O)c(NC(=O)CCNC(=O)c5ccc(COP(=O)([O-])OCC[N+](C)(C)C)cc5)c4)cc(OC)c3[C@]2(O)[C@@H]1O. The first-order valence-corrected chi connectivity index (χ1v) is 29.7. The zero-order chi connectivity index (χ0) is 64.4. The fraction of sp³-hybridized carbons (Fsp3) is 0.426. The Morgan fingerprint density at radius 2 is 1.45 bits per heavy atom. The molecule has 0 spiro atoms. The number of amides is 3. The highest BCUT2D eigenvalue weighted by molar-refractivity contribution is 7.45. The van der Waals surface area contributed by atoms with E-state index in [2.05, 4.69) is 16.0 Å². The zero-order valence-electron chi connectivity index (χ0n) is 49.6. The Bertz CT molecular complexity index is 3350. The number of carbonyl (C=O) groups is 5. The third kappa shape index (κ3) is 15.2. The number of nitrogens with one attached hydrogen (secondary N) is 3. The van der Waals surface area contributed by atoms with Gasteiger partial charge in [0.05, 0.1) is 72.9 Å². The van der Waals surface area contributed by atoms with Crippen LogP contribution in [0.5, 0.6) is 28.7 Å². The molecule has 28 heteroatoms. The van der Waals surface area contributed by atoms with Gasteiger partial charge in [-0.15, -0.1) is 0 Å². The van der Waals surface area contributed by atoms with Gasteiger partial charge < -0.3 is 103 Å². The van der Waals surface area contributed by atoms with Crippen molar-refractivity contribution in [3.63, 3.8) is 0 Å². The number of benzene rings is 5. The number of anilines is 1. The number of phosphoric ester groups is 1. The summed E-state index contributed by atoms with van der Waals surface area (Å²) in [6.45, 7) is -0.228. The third-order valence-electron chi connectivity index (χ3n) is 15.3. The number of aliphatic hydroxyl groups excluding tert-OH is 4. The molecule has 2 heterocycles. The molecule has 11 atom stereocenters. The molecule has 5 aromatic carbocycles. The second-order valence-electron chi connectivity index (χ2n) is 22.3. The molecule has 27 nitrogen and oxygen atoms in total. The van der Waals surface area contributed by atoms with Crippen molar-refractivity contribution in [2.75, 3.05) is 80.6 Å². The lowest BCUT2D eigenvalue weighted by Gasteiger charge is -2.40. The monoisotopic (exact) mass is 1260 g/mol. The van der Waals surface area contributed by atoms with Crippen molar-refractivity contribution in [3.8, 4) is 28.7 Å². The van der Waals surface area contributed by atoms with Crippen molar-refractivity contribution in [1.29, 1.82) is 0 Å². The summed E-state index contributed by atoms with van der Waals surface area (Å²) in [5, 5.41) is 74.2. The number of carboxylic acids is 1. The van der Waals surface area contributed by atoms with Crippen molar-refractivity contribution < 1.29 is 115 Å². The van der Waals surface area contributed by atoms with Crippen LogP contribution in [-0.2, 0) is 66.6 Å². The quantitative estimate of drug-likeness (QED) is 0.0150. The van der Waals surface area contributed by atoms with Crippen LogP contribution in [0.2, 0.25) is 0 Å². The Balaban J connectivity index is 0.865. The van der Waals surface area contributed by atoms with Gasteiger partial charge in [0.15, 0.2) is 17.3 Å². The van der Waals surface area contributed by atoms with Crippen LogP contribution in [0, 0.1) is 5.92 Å². The van der Waals surface area contributed by atoms with E-state index in [0.29, 0.717) is 51.9 Å². The van der Waals surface area contributed by atoms with Crippen LogP contribution in [-0.4, -0.2) is 177 Å². The number of carboxylic acid groups (broad SMARTS) is 1. The number of likely N-dealkylation sites (N-methyl/N-ethyl adjacent to an activating group) is 1. The standard InChI is InChI=1S/C61H73N4O23P/c1-65(2,3)27-29-84-89(77,78)85-34-35-14-17-38(18-15-35)55(71)62-26-24-46(66)64-42-30-36(16-23-43(42)86-58-52(69)50(67)51(68)53(87-58)56(72)73)33-83-59(75)63-25-10-11-28-82-41-31-44(80-5)49-45(32-41)88-61(39-19-21-40(79-4)22-20-39)48(37-12-8-7-9-13-37)47(57(74)81-6)54(70)60(49,61)76/h7-9,12-23,30-32,47-48,50-54,58,67-70,76H,10-11,24-29,33-34H2,1-6H3,(H4-,62,63,64,66,71,72,73,75,77,78)/t47-,48?,50+,51+,52-,53+,54-,58?,60+,61+/m1/s1. The first-order chi connectivity index (χ1) is 42.3. The lowest BCUT2D eigenvalue weighted by molar-refractivity contribution is -0.870. The van der Waals surface area contributed by atoms with Gasteiger partial charge in [-0.3, -0.25) is 18.9 Å². The number of aliphatic hydroxyl groups is 5. The number of unbranched alkanes of at least 4 members (excludes halogenated alkanes) is 1. The fourth-order valence-corrected chi connectivity index (χ4v) is 11.5. The van der Waals surface area contributed by atoms with Crippen LogP contribution in [0.3, 0.4) is 0 Å². The maximum atomic E-state index is 13.6. The Morgan fingerprint density at radius 3 is 2.11 bits per heavy atom. The van der Waals surface area contributed by atoms with Crippen LogP contribution < -0.4 is 44.5 Å². The molecule has 3 unspecified atom stereocenters. The second-order valence-corrected chi connectivity index (χ2v) is 23.7. The minimum atomic E-state index is -4.59. The number of hydrogen-bond acceptors (Lipinski definition) is 22. The van der Waals surface area contributed by atoms with E-state index < -0.39 is 97.5 Å². The zero-order valence-corrected chi connectivity index (χ0v) is 50.5. The van der Waals surface area contributed by atoms with Gasteiger partial charge in [0.25, 0.3) is 13.7 Å². The summed E-state index contributed by atoms with van der Waals surface area (Å²) in [6.07, 6.45) is -11.9.